The molecule has 0 bridgehead atoms. The number of carbonyl (C=O) groups excluding carboxylic acids is 2. The van der Waals surface area contributed by atoms with Crippen molar-refractivity contribution in [2.24, 2.45) is 16.0 Å². The fourth-order valence-corrected chi connectivity index (χ4v) is 7.86. The molecule has 0 saturated carbocycles. The Balaban J connectivity index is 1.51. The van der Waals surface area contributed by atoms with Gasteiger partial charge >= 0.3 is 29.2 Å². The van der Waals surface area contributed by atoms with Crippen molar-refractivity contribution in [3.8, 4) is 17.6 Å². The van der Waals surface area contributed by atoms with E-state index in [0.29, 0.717) is 17.9 Å². The molecule has 8 N–H and O–H groups in total. The average molecular weight is 925 g/mol. The Labute approximate surface area is 343 Å². The number of hydrogen-bond acceptors (Lipinski definition) is 18. The van der Waals surface area contributed by atoms with Crippen LogP contribution in [0.3, 0.4) is 0 Å². The molecule has 0 radical (unpaired) electrons. The Kier molecular flexibility index (Phi) is 20.4. The topological polar surface area (TPSA) is 431 Å². The number of H-pyrrole nitrogens is 1. The molecule has 1 amide bonds. The van der Waals surface area contributed by atoms with Gasteiger partial charge in [0, 0.05) is 53.9 Å². The molecule has 6 atom stereocenters. The van der Waals surface area contributed by atoms with Crippen LogP contribution in [0, 0.1) is 11.8 Å². The molecule has 334 valence electrons. The highest BCUT2D eigenvalue weighted by atomic mass is 31.3. The van der Waals surface area contributed by atoms with Crippen molar-refractivity contribution in [3.05, 3.63) is 83.3 Å². The largest absolute Gasteiger partial charge is 0.491 e. The molecular formula is C29H39N10O19P3. The van der Waals surface area contributed by atoms with Crippen molar-refractivity contribution >= 4 is 35.2 Å². The zero-order valence-corrected chi connectivity index (χ0v) is 34.1. The maximum Gasteiger partial charge on any atom is 0.490 e. The van der Waals surface area contributed by atoms with Crippen LogP contribution in [0.4, 0.5) is 0 Å². The fourth-order valence-electron chi connectivity index (χ4n) is 4.83. The van der Waals surface area contributed by atoms with Gasteiger partial charge in [0.05, 0.1) is 25.9 Å². The summed E-state index contributed by atoms with van der Waals surface area (Å²) in [6, 6.07) is 6.26. The average Bonchev–Trinajstić information content (AvgIpc) is 3.58. The van der Waals surface area contributed by atoms with Crippen LogP contribution in [0.1, 0.15) is 41.4 Å². The summed E-state index contributed by atoms with van der Waals surface area (Å²) in [4.78, 5) is 93.6. The van der Waals surface area contributed by atoms with Gasteiger partial charge in [-0.25, -0.2) is 18.5 Å². The number of nitrogens with zero attached hydrogens (tertiary/aromatic N) is 7. The van der Waals surface area contributed by atoms with Gasteiger partial charge in [0.1, 0.15) is 43.6 Å². The second-order valence-electron chi connectivity index (χ2n) is 11.8. The molecular weight excluding hydrogens is 885 g/mol. The minimum absolute atomic E-state index is 0.0403. The Morgan fingerprint density at radius 3 is 2.59 bits per heavy atom. The molecule has 2 aromatic rings. The van der Waals surface area contributed by atoms with Crippen LogP contribution in [-0.2, 0) is 50.6 Å². The minimum Gasteiger partial charge on any atom is -0.491 e. The Bertz CT molecular complexity index is 2270. The summed E-state index contributed by atoms with van der Waals surface area (Å²) in [6.45, 7) is -1.68. The number of carbonyl (C=O) groups is 2. The van der Waals surface area contributed by atoms with Crippen molar-refractivity contribution < 1.29 is 79.7 Å². The summed E-state index contributed by atoms with van der Waals surface area (Å²) >= 11 is 0. The Morgan fingerprint density at radius 1 is 1.11 bits per heavy atom. The summed E-state index contributed by atoms with van der Waals surface area (Å²) in [6.07, 6.45) is -4.26. The van der Waals surface area contributed by atoms with Gasteiger partial charge in [-0.3, -0.25) is 28.5 Å². The third kappa shape index (κ3) is 18.8. The summed E-state index contributed by atoms with van der Waals surface area (Å²) in [5.74, 6) is 4.76. The highest BCUT2D eigenvalue weighted by Gasteiger charge is 2.43. The number of ether oxygens (including phenoxy) is 5. The van der Waals surface area contributed by atoms with E-state index in [-0.39, 0.29) is 69.5 Å². The van der Waals surface area contributed by atoms with E-state index >= 15 is 0 Å². The lowest BCUT2D eigenvalue weighted by Gasteiger charge is -2.20. The molecule has 1 aromatic heterocycles. The molecule has 1 saturated heterocycles. The number of nitrogens with two attached hydrogens (primary N) is 1. The van der Waals surface area contributed by atoms with Gasteiger partial charge in [0.15, 0.2) is 12.0 Å². The highest BCUT2D eigenvalue weighted by molar-refractivity contribution is 7.66. The van der Waals surface area contributed by atoms with Crippen LogP contribution >= 0.6 is 23.5 Å². The quantitative estimate of drug-likeness (QED) is 0.0172. The maximum absolute atomic E-state index is 12.7. The van der Waals surface area contributed by atoms with E-state index in [1.54, 1.807) is 18.2 Å². The molecule has 1 aliphatic rings. The lowest BCUT2D eigenvalue weighted by Crippen LogP contribution is -2.33. The van der Waals surface area contributed by atoms with Crippen LogP contribution in [-0.4, -0.2) is 112 Å². The first-order chi connectivity index (χ1) is 28.8. The SMILES string of the molecule is [N-]=[N+]=NCOC1CC(n2cc(C#CCCC(=O)COCCOC(COc3cccc(C(=O)NCCN)c3)N=[N+]=[N-])c(=O)[nH]c2=O)OC1COP(=O)(O)OP(=O)(O)OP(=O)(O)O. The number of nitrogens with one attached hydrogen (secondary N) is 2. The van der Waals surface area contributed by atoms with Crippen LogP contribution in [0.5, 0.6) is 5.75 Å². The number of azide groups is 2. The van der Waals surface area contributed by atoms with E-state index in [9.17, 15) is 42.7 Å². The van der Waals surface area contributed by atoms with Crippen LogP contribution in [0.2, 0.25) is 0 Å². The standard InChI is InChI=1S/C29H39N10O19P3/c30-8-9-33-27(41)19-5-3-7-22(12-19)53-17-25(36-38-32)52-11-10-51-15-21(40)6-2-1-4-20-14-39(29(43)35-28(20)42)26-13-23(54-18-34-37-31)24(56-26)16-55-60(47,48)58-61(49,50)57-59(44,45)46/h3,5,7,12,14,23-26H,2,6,8-11,13,15-18,30H2,(H,33,41)(H,47,48)(H,49,50)(H,35,42,43)(H2,44,45,46). The van der Waals surface area contributed by atoms with E-state index < -0.39 is 72.7 Å². The van der Waals surface area contributed by atoms with Gasteiger partial charge in [-0.1, -0.05) is 28.1 Å². The summed E-state index contributed by atoms with van der Waals surface area (Å²) < 4.78 is 75.0. The molecule has 6 unspecified atom stereocenters. The number of phosphoric acid groups is 3. The zero-order valence-electron chi connectivity index (χ0n) is 31.4. The smallest absolute Gasteiger partial charge is 0.490 e. The third-order valence-electron chi connectivity index (χ3n) is 7.34. The first kappa shape index (κ1) is 50.6. The third-order valence-corrected chi connectivity index (χ3v) is 11.1. The number of benzene rings is 1. The molecule has 2 heterocycles. The lowest BCUT2D eigenvalue weighted by atomic mass is 10.2. The normalized spacial score (nSPS) is 18.5. The van der Waals surface area contributed by atoms with Crippen molar-refractivity contribution in [2.75, 3.05) is 52.9 Å². The van der Waals surface area contributed by atoms with Crippen LogP contribution in [0.15, 0.2) is 50.3 Å². The van der Waals surface area contributed by atoms with Gasteiger partial charge in [-0.15, -0.1) is 0 Å². The van der Waals surface area contributed by atoms with Crippen molar-refractivity contribution in [2.45, 2.75) is 43.9 Å². The van der Waals surface area contributed by atoms with E-state index in [1.165, 1.54) is 6.07 Å². The van der Waals surface area contributed by atoms with Crippen LogP contribution in [0.25, 0.3) is 20.9 Å². The molecule has 0 spiro atoms. The van der Waals surface area contributed by atoms with Crippen LogP contribution < -0.4 is 27.0 Å². The zero-order chi connectivity index (χ0) is 45.1. The second-order valence-corrected chi connectivity index (χ2v) is 16.3. The first-order valence-electron chi connectivity index (χ1n) is 17.2. The number of amides is 1. The predicted octanol–water partition coefficient (Wildman–Crippen LogP) is 0.958. The fraction of sp³-hybridized carbons (Fsp3) is 0.517. The number of aromatic nitrogens is 2. The van der Waals surface area contributed by atoms with E-state index in [4.69, 9.17) is 50.3 Å². The highest BCUT2D eigenvalue weighted by Crippen LogP contribution is 2.66. The molecule has 3 rings (SSSR count). The number of aromatic amines is 1. The lowest BCUT2D eigenvalue weighted by molar-refractivity contribution is -0.124. The van der Waals surface area contributed by atoms with Crippen molar-refractivity contribution in [1.29, 1.82) is 0 Å². The second kappa shape index (κ2) is 24.6. The van der Waals surface area contributed by atoms with Gasteiger partial charge in [0.25, 0.3) is 11.5 Å². The van der Waals surface area contributed by atoms with E-state index in [1.807, 2.05) is 4.98 Å². The maximum atomic E-state index is 12.7. The van der Waals surface area contributed by atoms with Crippen molar-refractivity contribution in [1.82, 2.24) is 14.9 Å². The van der Waals surface area contributed by atoms with E-state index in [0.717, 1.165) is 10.8 Å². The number of hydrogen-bond donors (Lipinski definition) is 7. The molecule has 61 heavy (non-hydrogen) atoms. The molecule has 1 aromatic carbocycles. The first-order valence-corrected chi connectivity index (χ1v) is 21.7. The van der Waals surface area contributed by atoms with Crippen molar-refractivity contribution in [3.63, 3.8) is 0 Å². The van der Waals surface area contributed by atoms with E-state index in [2.05, 4.69) is 50.4 Å². The summed E-state index contributed by atoms with van der Waals surface area (Å²) in [7, 11) is -17.1. The summed E-state index contributed by atoms with van der Waals surface area (Å²) in [5.41, 5.74) is 21.1. The van der Waals surface area contributed by atoms with Gasteiger partial charge in [0.2, 0.25) is 0 Å². The Morgan fingerprint density at radius 2 is 1.89 bits per heavy atom. The molecule has 0 aliphatic carbocycles. The van der Waals surface area contributed by atoms with Gasteiger partial charge < -0.3 is 54.3 Å². The Hall–Kier alpha value is -4.77. The molecule has 1 fully saturated rings. The molecule has 29 nitrogen and oxygen atoms in total. The van der Waals surface area contributed by atoms with Gasteiger partial charge in [-0.2, -0.15) is 8.62 Å². The monoisotopic (exact) mass is 924 g/mol. The number of phosphoric ester groups is 1. The molecule has 1 aliphatic heterocycles. The summed E-state index contributed by atoms with van der Waals surface area (Å²) in [5, 5.41) is 9.33. The molecule has 32 heteroatoms. The predicted molar refractivity (Wildman–Crippen MR) is 203 cm³/mol. The minimum atomic E-state index is -5.83. The number of Topliss-reactive ketones (excluding diaryl/α,β-unsaturated/α-hetero) is 1. The van der Waals surface area contributed by atoms with Gasteiger partial charge in [-0.05, 0) is 29.3 Å². The number of ketones is 1. The number of rotatable bonds is 26.